The van der Waals surface area contributed by atoms with E-state index in [2.05, 4.69) is 11.4 Å². The summed E-state index contributed by atoms with van der Waals surface area (Å²) in [6, 6.07) is 7.61. The number of rotatable bonds is 2. The topological polar surface area (TPSA) is 65.4 Å². The average Bonchev–Trinajstić information content (AvgIpc) is 2.34. The summed E-state index contributed by atoms with van der Waals surface area (Å²) in [6.45, 7) is 3.65. The van der Waals surface area contributed by atoms with Gasteiger partial charge >= 0.3 is 0 Å². The molecule has 0 saturated heterocycles. The number of nitrogens with one attached hydrogen (secondary N) is 1. The van der Waals surface area contributed by atoms with Gasteiger partial charge in [0.05, 0.1) is 11.8 Å². The Morgan fingerprint density at radius 1 is 1.50 bits per heavy atom. The Morgan fingerprint density at radius 2 is 2.22 bits per heavy atom. The van der Waals surface area contributed by atoms with Crippen molar-refractivity contribution in [1.29, 1.82) is 5.26 Å². The number of likely N-dealkylation sites (N-methyl/N-ethyl adjacent to an activating group) is 1. The molecule has 0 atom stereocenters. The Bertz CT molecular complexity index is 532. The first-order chi connectivity index (χ1) is 8.43. The van der Waals surface area contributed by atoms with Crippen LogP contribution in [0.15, 0.2) is 18.2 Å². The Hall–Kier alpha value is -2.22. The second kappa shape index (κ2) is 4.22. The summed E-state index contributed by atoms with van der Waals surface area (Å²) in [6.07, 6.45) is 0. The first-order valence-electron chi connectivity index (χ1n) is 5.66. The van der Waals surface area contributed by atoms with E-state index in [1.165, 1.54) is 0 Å². The predicted octanol–water partition coefficient (Wildman–Crippen LogP) is 1.76. The molecule has 1 aromatic carbocycles. The normalized spacial score (nSPS) is 14.6. The summed E-state index contributed by atoms with van der Waals surface area (Å²) < 4.78 is 5.33. The van der Waals surface area contributed by atoms with Crippen LogP contribution in [0.2, 0.25) is 0 Å². The SMILES string of the molecule is CN1C(=O)COc2ccc(NC(C)(C)C#N)cc21. The largest absolute Gasteiger partial charge is 0.482 e. The zero-order valence-corrected chi connectivity index (χ0v) is 10.7. The number of carbonyl (C=O) groups excluding carboxylic acids is 1. The van der Waals surface area contributed by atoms with Crippen LogP contribution in [0.5, 0.6) is 5.75 Å². The number of nitrogens with zero attached hydrogens (tertiary/aromatic N) is 2. The molecule has 1 aromatic rings. The maximum atomic E-state index is 11.5. The van der Waals surface area contributed by atoms with Crippen molar-refractivity contribution in [2.45, 2.75) is 19.4 Å². The fourth-order valence-electron chi connectivity index (χ4n) is 1.74. The summed E-state index contributed by atoms with van der Waals surface area (Å²) in [7, 11) is 1.71. The Morgan fingerprint density at radius 3 is 2.89 bits per heavy atom. The molecule has 0 fully saturated rings. The maximum absolute atomic E-state index is 11.5. The van der Waals surface area contributed by atoms with E-state index >= 15 is 0 Å². The fourth-order valence-corrected chi connectivity index (χ4v) is 1.74. The van der Waals surface area contributed by atoms with Gasteiger partial charge in [0.2, 0.25) is 0 Å². The molecule has 1 aliphatic heterocycles. The van der Waals surface area contributed by atoms with Crippen LogP contribution in [0.3, 0.4) is 0 Å². The van der Waals surface area contributed by atoms with Crippen molar-refractivity contribution in [2.75, 3.05) is 23.9 Å². The number of nitriles is 1. The lowest BCUT2D eigenvalue weighted by Crippen LogP contribution is -2.35. The highest BCUT2D eigenvalue weighted by molar-refractivity contribution is 5.97. The smallest absolute Gasteiger partial charge is 0.264 e. The maximum Gasteiger partial charge on any atom is 0.264 e. The van der Waals surface area contributed by atoms with E-state index in [-0.39, 0.29) is 12.5 Å². The summed E-state index contributed by atoms with van der Waals surface area (Å²) in [5.41, 5.74) is 0.835. The van der Waals surface area contributed by atoms with E-state index in [1.54, 1.807) is 31.9 Å². The van der Waals surface area contributed by atoms with Crippen molar-refractivity contribution in [3.05, 3.63) is 18.2 Å². The van der Waals surface area contributed by atoms with Crippen LogP contribution in [0, 0.1) is 11.3 Å². The number of fused-ring (bicyclic) bond motifs is 1. The fraction of sp³-hybridized carbons (Fsp3) is 0.385. The average molecular weight is 245 g/mol. The summed E-state index contributed by atoms with van der Waals surface area (Å²) in [5.74, 6) is 0.594. The molecule has 1 amide bonds. The predicted molar refractivity (Wildman–Crippen MR) is 68.7 cm³/mol. The minimum absolute atomic E-state index is 0.0694. The third-order valence-electron chi connectivity index (χ3n) is 2.78. The molecule has 0 aliphatic carbocycles. The summed E-state index contributed by atoms with van der Waals surface area (Å²) >= 11 is 0. The molecule has 1 heterocycles. The van der Waals surface area contributed by atoms with E-state index in [1.807, 2.05) is 12.1 Å². The molecule has 1 N–H and O–H groups in total. The molecule has 0 aromatic heterocycles. The lowest BCUT2D eigenvalue weighted by atomic mass is 10.1. The van der Waals surface area contributed by atoms with Crippen LogP contribution >= 0.6 is 0 Å². The van der Waals surface area contributed by atoms with E-state index < -0.39 is 5.54 Å². The van der Waals surface area contributed by atoms with Crippen LogP contribution in [0.1, 0.15) is 13.8 Å². The number of amides is 1. The number of hydrogen-bond donors (Lipinski definition) is 1. The first kappa shape index (κ1) is 12.2. The third-order valence-corrected chi connectivity index (χ3v) is 2.78. The monoisotopic (exact) mass is 245 g/mol. The third kappa shape index (κ3) is 2.23. The van der Waals surface area contributed by atoms with E-state index in [4.69, 9.17) is 10.00 Å². The van der Waals surface area contributed by atoms with Gasteiger partial charge in [-0.25, -0.2) is 0 Å². The molecular formula is C13H15N3O2. The van der Waals surface area contributed by atoms with Gasteiger partial charge < -0.3 is 15.0 Å². The highest BCUT2D eigenvalue weighted by Crippen LogP contribution is 2.34. The van der Waals surface area contributed by atoms with E-state index in [9.17, 15) is 4.79 Å². The molecule has 0 bridgehead atoms. The number of carbonyl (C=O) groups is 1. The minimum Gasteiger partial charge on any atom is -0.482 e. The van der Waals surface area contributed by atoms with Crippen LogP contribution in [-0.4, -0.2) is 25.1 Å². The molecule has 0 unspecified atom stereocenters. The molecule has 94 valence electrons. The second-order valence-corrected chi connectivity index (χ2v) is 4.79. The van der Waals surface area contributed by atoms with E-state index in [0.29, 0.717) is 11.4 Å². The molecule has 1 aliphatic rings. The van der Waals surface area contributed by atoms with Gasteiger partial charge in [-0.05, 0) is 32.0 Å². The molecule has 5 heteroatoms. The molecule has 0 spiro atoms. The lowest BCUT2D eigenvalue weighted by molar-refractivity contribution is -0.120. The number of benzene rings is 1. The van der Waals surface area contributed by atoms with Crippen LogP contribution in [0.25, 0.3) is 0 Å². The summed E-state index contributed by atoms with van der Waals surface area (Å²) in [4.78, 5) is 13.1. The van der Waals surface area contributed by atoms with Gasteiger partial charge in [-0.2, -0.15) is 5.26 Å². The van der Waals surface area contributed by atoms with Gasteiger partial charge in [0.25, 0.3) is 5.91 Å². The first-order valence-corrected chi connectivity index (χ1v) is 5.66. The van der Waals surface area contributed by atoms with Gasteiger partial charge in [-0.15, -0.1) is 0 Å². The number of anilines is 2. The molecule has 0 radical (unpaired) electrons. The zero-order chi connectivity index (χ0) is 13.3. The Kier molecular flexibility index (Phi) is 2.87. The van der Waals surface area contributed by atoms with Crippen molar-refractivity contribution in [3.63, 3.8) is 0 Å². The van der Waals surface area contributed by atoms with Crippen molar-refractivity contribution in [3.8, 4) is 11.8 Å². The van der Waals surface area contributed by atoms with Crippen LogP contribution < -0.4 is 15.0 Å². The van der Waals surface area contributed by atoms with Crippen LogP contribution in [-0.2, 0) is 4.79 Å². The van der Waals surface area contributed by atoms with Gasteiger partial charge in [-0.3, -0.25) is 4.79 Å². The van der Waals surface area contributed by atoms with Crippen molar-refractivity contribution in [1.82, 2.24) is 0 Å². The second-order valence-electron chi connectivity index (χ2n) is 4.79. The van der Waals surface area contributed by atoms with Gasteiger partial charge in [-0.1, -0.05) is 0 Å². The quantitative estimate of drug-likeness (QED) is 0.862. The highest BCUT2D eigenvalue weighted by atomic mass is 16.5. The number of hydrogen-bond acceptors (Lipinski definition) is 4. The van der Waals surface area contributed by atoms with Gasteiger partial charge in [0.15, 0.2) is 6.61 Å². The summed E-state index contributed by atoms with van der Waals surface area (Å²) in [5, 5.41) is 12.1. The van der Waals surface area contributed by atoms with E-state index in [0.717, 1.165) is 5.69 Å². The Labute approximate surface area is 106 Å². The van der Waals surface area contributed by atoms with Gasteiger partial charge in [0, 0.05) is 12.7 Å². The van der Waals surface area contributed by atoms with Crippen molar-refractivity contribution in [2.24, 2.45) is 0 Å². The van der Waals surface area contributed by atoms with Gasteiger partial charge in [0.1, 0.15) is 11.3 Å². The zero-order valence-electron chi connectivity index (χ0n) is 10.7. The molecule has 2 rings (SSSR count). The van der Waals surface area contributed by atoms with Crippen molar-refractivity contribution < 1.29 is 9.53 Å². The lowest BCUT2D eigenvalue weighted by Gasteiger charge is -2.27. The highest BCUT2D eigenvalue weighted by Gasteiger charge is 2.23. The molecule has 0 saturated carbocycles. The Balaban J connectivity index is 2.32. The van der Waals surface area contributed by atoms with Crippen molar-refractivity contribution >= 4 is 17.3 Å². The molecular weight excluding hydrogens is 230 g/mol. The standard InChI is InChI=1S/C13H15N3O2/c1-13(2,8-14)15-9-4-5-11-10(6-9)16(3)12(17)7-18-11/h4-6,15H,7H2,1-3H3. The minimum atomic E-state index is -0.660. The molecule has 5 nitrogen and oxygen atoms in total. The molecule has 18 heavy (non-hydrogen) atoms. The number of ether oxygens (including phenoxy) is 1. The van der Waals surface area contributed by atoms with Crippen LogP contribution in [0.4, 0.5) is 11.4 Å².